The SMILES string of the molecule is CCCCN(Cc1ccc(F)cc1Br)CC1CCCN1. The van der Waals surface area contributed by atoms with Crippen LogP contribution >= 0.6 is 15.9 Å². The first-order chi connectivity index (χ1) is 9.69. The van der Waals surface area contributed by atoms with E-state index in [1.807, 2.05) is 6.07 Å². The topological polar surface area (TPSA) is 15.3 Å². The first kappa shape index (κ1) is 15.9. The van der Waals surface area contributed by atoms with E-state index < -0.39 is 0 Å². The molecule has 0 radical (unpaired) electrons. The van der Waals surface area contributed by atoms with Crippen molar-refractivity contribution in [3.05, 3.63) is 34.1 Å². The molecule has 1 saturated heterocycles. The third kappa shape index (κ3) is 4.83. The van der Waals surface area contributed by atoms with Crippen molar-refractivity contribution in [2.75, 3.05) is 19.6 Å². The van der Waals surface area contributed by atoms with E-state index in [9.17, 15) is 4.39 Å². The Hall–Kier alpha value is -0.450. The normalized spacial score (nSPS) is 18.9. The van der Waals surface area contributed by atoms with E-state index in [1.165, 1.54) is 31.2 Å². The lowest BCUT2D eigenvalue weighted by Crippen LogP contribution is -2.37. The molecule has 0 spiro atoms. The van der Waals surface area contributed by atoms with Gasteiger partial charge in [0.15, 0.2) is 0 Å². The molecule has 0 amide bonds. The maximum Gasteiger partial charge on any atom is 0.124 e. The van der Waals surface area contributed by atoms with Gasteiger partial charge in [0.1, 0.15) is 5.82 Å². The van der Waals surface area contributed by atoms with Gasteiger partial charge in [-0.15, -0.1) is 0 Å². The summed E-state index contributed by atoms with van der Waals surface area (Å²) in [6.07, 6.45) is 4.98. The van der Waals surface area contributed by atoms with Crippen molar-refractivity contribution in [2.45, 2.75) is 45.2 Å². The van der Waals surface area contributed by atoms with Crippen LogP contribution in [0.15, 0.2) is 22.7 Å². The first-order valence-electron chi connectivity index (χ1n) is 7.58. The molecular weight excluding hydrogens is 319 g/mol. The van der Waals surface area contributed by atoms with Gasteiger partial charge >= 0.3 is 0 Å². The van der Waals surface area contributed by atoms with Gasteiger partial charge in [0.2, 0.25) is 0 Å². The summed E-state index contributed by atoms with van der Waals surface area (Å²) in [5, 5.41) is 3.56. The van der Waals surface area contributed by atoms with Gasteiger partial charge in [0, 0.05) is 23.6 Å². The number of benzene rings is 1. The predicted octanol–water partition coefficient (Wildman–Crippen LogP) is 3.94. The zero-order valence-corrected chi connectivity index (χ0v) is 13.8. The maximum atomic E-state index is 13.2. The summed E-state index contributed by atoms with van der Waals surface area (Å²) in [6, 6.07) is 5.61. The molecule has 20 heavy (non-hydrogen) atoms. The molecule has 0 bridgehead atoms. The average molecular weight is 343 g/mol. The number of rotatable bonds is 7. The van der Waals surface area contributed by atoms with Gasteiger partial charge in [-0.2, -0.15) is 0 Å². The highest BCUT2D eigenvalue weighted by Crippen LogP contribution is 2.20. The van der Waals surface area contributed by atoms with Crippen molar-refractivity contribution in [1.29, 1.82) is 0 Å². The Bertz CT molecular complexity index is 419. The first-order valence-corrected chi connectivity index (χ1v) is 8.38. The highest BCUT2D eigenvalue weighted by Gasteiger charge is 2.18. The van der Waals surface area contributed by atoms with Crippen LogP contribution in [-0.4, -0.2) is 30.6 Å². The number of unbranched alkanes of at least 4 members (excludes halogenated alkanes) is 1. The highest BCUT2D eigenvalue weighted by molar-refractivity contribution is 9.10. The van der Waals surface area contributed by atoms with Crippen LogP contribution in [0.1, 0.15) is 38.2 Å². The van der Waals surface area contributed by atoms with Crippen LogP contribution in [0.3, 0.4) is 0 Å². The van der Waals surface area contributed by atoms with Crippen LogP contribution in [-0.2, 0) is 6.54 Å². The van der Waals surface area contributed by atoms with E-state index >= 15 is 0 Å². The molecule has 4 heteroatoms. The summed E-state index contributed by atoms with van der Waals surface area (Å²) < 4.78 is 14.0. The van der Waals surface area contributed by atoms with Gasteiger partial charge in [0.05, 0.1) is 0 Å². The van der Waals surface area contributed by atoms with E-state index in [-0.39, 0.29) is 5.82 Å². The molecule has 1 aliphatic heterocycles. The highest BCUT2D eigenvalue weighted by atomic mass is 79.9. The molecule has 1 fully saturated rings. The molecule has 1 unspecified atom stereocenters. The lowest BCUT2D eigenvalue weighted by Gasteiger charge is -2.26. The molecule has 1 aliphatic rings. The maximum absolute atomic E-state index is 13.2. The molecular formula is C16H24BrFN2. The Labute approximate surface area is 129 Å². The second-order valence-electron chi connectivity index (χ2n) is 5.62. The zero-order chi connectivity index (χ0) is 14.4. The van der Waals surface area contributed by atoms with Crippen LogP contribution in [0.25, 0.3) is 0 Å². The molecule has 0 saturated carbocycles. The minimum absolute atomic E-state index is 0.182. The Morgan fingerprint density at radius 2 is 2.30 bits per heavy atom. The van der Waals surface area contributed by atoms with Gasteiger partial charge in [-0.25, -0.2) is 4.39 Å². The van der Waals surface area contributed by atoms with Gasteiger partial charge < -0.3 is 5.32 Å². The number of hydrogen-bond donors (Lipinski definition) is 1. The Kier molecular flexibility index (Phi) is 6.46. The van der Waals surface area contributed by atoms with Crippen LogP contribution < -0.4 is 5.32 Å². The molecule has 1 aromatic rings. The zero-order valence-electron chi connectivity index (χ0n) is 12.2. The van der Waals surface area contributed by atoms with Crippen molar-refractivity contribution < 1.29 is 4.39 Å². The van der Waals surface area contributed by atoms with E-state index in [0.29, 0.717) is 6.04 Å². The van der Waals surface area contributed by atoms with Gasteiger partial charge in [-0.1, -0.05) is 35.3 Å². The number of nitrogens with one attached hydrogen (secondary N) is 1. The molecule has 1 heterocycles. The fourth-order valence-corrected chi connectivity index (χ4v) is 3.21. The average Bonchev–Trinajstić information content (AvgIpc) is 2.92. The second-order valence-corrected chi connectivity index (χ2v) is 6.47. The third-order valence-corrected chi connectivity index (χ3v) is 4.62. The molecule has 2 rings (SSSR count). The Morgan fingerprint density at radius 3 is 2.95 bits per heavy atom. The number of nitrogens with zero attached hydrogens (tertiary/aromatic N) is 1. The minimum atomic E-state index is -0.182. The van der Waals surface area contributed by atoms with Crippen molar-refractivity contribution >= 4 is 15.9 Å². The standard InChI is InChI=1S/C16H24BrFN2/c1-2-3-9-20(12-15-5-4-8-19-15)11-13-6-7-14(18)10-16(13)17/h6-7,10,15,19H,2-5,8-9,11-12H2,1H3. The number of halogens is 2. The molecule has 1 aromatic carbocycles. The fraction of sp³-hybridized carbons (Fsp3) is 0.625. The fourth-order valence-electron chi connectivity index (χ4n) is 2.73. The van der Waals surface area contributed by atoms with E-state index in [0.717, 1.165) is 30.7 Å². The Morgan fingerprint density at radius 1 is 1.45 bits per heavy atom. The summed E-state index contributed by atoms with van der Waals surface area (Å²) in [6.45, 7) is 6.45. The molecule has 2 nitrogen and oxygen atoms in total. The number of hydrogen-bond acceptors (Lipinski definition) is 2. The van der Waals surface area contributed by atoms with Gasteiger partial charge in [0.25, 0.3) is 0 Å². The van der Waals surface area contributed by atoms with Crippen LogP contribution in [0.4, 0.5) is 4.39 Å². The second kappa shape index (κ2) is 8.11. The van der Waals surface area contributed by atoms with Gasteiger partial charge in [-0.3, -0.25) is 4.90 Å². The van der Waals surface area contributed by atoms with Crippen LogP contribution in [0.5, 0.6) is 0 Å². The summed E-state index contributed by atoms with van der Waals surface area (Å²) in [4.78, 5) is 2.49. The lowest BCUT2D eigenvalue weighted by atomic mass is 10.1. The van der Waals surface area contributed by atoms with Gasteiger partial charge in [-0.05, 0) is 50.0 Å². The monoisotopic (exact) mass is 342 g/mol. The quantitative estimate of drug-likeness (QED) is 0.807. The van der Waals surface area contributed by atoms with Crippen molar-refractivity contribution in [2.24, 2.45) is 0 Å². The smallest absolute Gasteiger partial charge is 0.124 e. The van der Waals surface area contributed by atoms with Crippen molar-refractivity contribution in [3.8, 4) is 0 Å². The Balaban J connectivity index is 1.97. The lowest BCUT2D eigenvalue weighted by molar-refractivity contribution is 0.237. The van der Waals surface area contributed by atoms with Crippen LogP contribution in [0, 0.1) is 5.82 Å². The van der Waals surface area contributed by atoms with E-state index in [2.05, 4.69) is 33.1 Å². The summed E-state index contributed by atoms with van der Waals surface area (Å²) >= 11 is 3.47. The van der Waals surface area contributed by atoms with Crippen molar-refractivity contribution in [1.82, 2.24) is 10.2 Å². The van der Waals surface area contributed by atoms with Crippen LogP contribution in [0.2, 0.25) is 0 Å². The molecule has 0 aliphatic carbocycles. The third-order valence-electron chi connectivity index (χ3n) is 3.88. The van der Waals surface area contributed by atoms with E-state index in [1.54, 1.807) is 12.1 Å². The minimum Gasteiger partial charge on any atom is -0.313 e. The summed E-state index contributed by atoms with van der Waals surface area (Å²) in [5.41, 5.74) is 1.17. The predicted molar refractivity (Wildman–Crippen MR) is 85.3 cm³/mol. The summed E-state index contributed by atoms with van der Waals surface area (Å²) in [5.74, 6) is -0.182. The van der Waals surface area contributed by atoms with Crippen molar-refractivity contribution in [3.63, 3.8) is 0 Å². The molecule has 1 N–H and O–H groups in total. The molecule has 0 aromatic heterocycles. The van der Waals surface area contributed by atoms with E-state index in [4.69, 9.17) is 0 Å². The summed E-state index contributed by atoms with van der Waals surface area (Å²) in [7, 11) is 0. The largest absolute Gasteiger partial charge is 0.313 e. The molecule has 1 atom stereocenters. The molecule has 112 valence electrons.